The minimum absolute atomic E-state index is 0.337. The summed E-state index contributed by atoms with van der Waals surface area (Å²) in [6, 6.07) is 0.670. The van der Waals surface area contributed by atoms with Crippen LogP contribution in [0.3, 0.4) is 0 Å². The normalized spacial score (nSPS) is 17.3. The predicted molar refractivity (Wildman–Crippen MR) is 71.2 cm³/mol. The minimum atomic E-state index is -0.337. The molecule has 17 heavy (non-hydrogen) atoms. The van der Waals surface area contributed by atoms with Gasteiger partial charge in [-0.2, -0.15) is 0 Å². The lowest BCUT2D eigenvalue weighted by Crippen LogP contribution is -2.31. The molecule has 0 saturated heterocycles. The van der Waals surface area contributed by atoms with Crippen LogP contribution < -0.4 is 5.32 Å². The van der Waals surface area contributed by atoms with Gasteiger partial charge in [-0.25, -0.2) is 0 Å². The number of aliphatic hydroxyl groups excluding tert-OH is 1. The third-order valence-corrected chi connectivity index (χ3v) is 3.17. The Balaban J connectivity index is 1.73. The first-order valence-electron chi connectivity index (χ1n) is 7.32. The van der Waals surface area contributed by atoms with Crippen LogP contribution in [0.2, 0.25) is 0 Å². The zero-order valence-electron chi connectivity index (χ0n) is 11.3. The second-order valence-corrected chi connectivity index (χ2v) is 5.18. The third kappa shape index (κ3) is 9.57. The van der Waals surface area contributed by atoms with E-state index in [1.165, 1.54) is 44.9 Å². The molecule has 0 aromatic heterocycles. The zero-order chi connectivity index (χ0) is 12.3. The van der Waals surface area contributed by atoms with E-state index in [9.17, 15) is 5.11 Å². The van der Waals surface area contributed by atoms with Gasteiger partial charge < -0.3 is 15.2 Å². The van der Waals surface area contributed by atoms with Crippen molar-refractivity contribution in [1.29, 1.82) is 0 Å². The Morgan fingerprint density at radius 3 is 2.59 bits per heavy atom. The first-order chi connectivity index (χ1) is 8.33. The molecule has 0 spiro atoms. The summed E-state index contributed by atoms with van der Waals surface area (Å²) < 4.78 is 5.46. The Morgan fingerprint density at radius 2 is 1.88 bits per heavy atom. The molecule has 1 aliphatic carbocycles. The average Bonchev–Trinajstić information content (AvgIpc) is 3.14. The van der Waals surface area contributed by atoms with Crippen LogP contribution in [-0.2, 0) is 4.74 Å². The molecular formula is C14H29NO2. The molecule has 0 amide bonds. The van der Waals surface area contributed by atoms with Crippen molar-refractivity contribution in [3.8, 4) is 0 Å². The summed E-state index contributed by atoms with van der Waals surface area (Å²) in [5.74, 6) is 0. The van der Waals surface area contributed by atoms with Gasteiger partial charge in [0.15, 0.2) is 0 Å². The van der Waals surface area contributed by atoms with Crippen LogP contribution >= 0.6 is 0 Å². The van der Waals surface area contributed by atoms with Gasteiger partial charge in [-0.05, 0) is 19.3 Å². The van der Waals surface area contributed by atoms with E-state index in [1.807, 2.05) is 0 Å². The molecule has 2 N–H and O–H groups in total. The van der Waals surface area contributed by atoms with Gasteiger partial charge in [-0.3, -0.25) is 0 Å². The topological polar surface area (TPSA) is 41.5 Å². The van der Waals surface area contributed by atoms with Crippen LogP contribution in [-0.4, -0.2) is 37.0 Å². The lowest BCUT2D eigenvalue weighted by atomic mass is 10.1. The van der Waals surface area contributed by atoms with Gasteiger partial charge in [0.2, 0.25) is 0 Å². The molecule has 102 valence electrons. The summed E-state index contributed by atoms with van der Waals surface area (Å²) in [5, 5.41) is 12.9. The van der Waals surface area contributed by atoms with Gasteiger partial charge in [0.05, 0.1) is 12.7 Å². The maximum atomic E-state index is 9.61. The minimum Gasteiger partial charge on any atom is -0.389 e. The van der Waals surface area contributed by atoms with E-state index < -0.39 is 0 Å². The van der Waals surface area contributed by atoms with E-state index in [-0.39, 0.29) is 6.10 Å². The maximum Gasteiger partial charge on any atom is 0.0897 e. The first kappa shape index (κ1) is 14.9. The Labute approximate surface area is 106 Å². The highest BCUT2D eigenvalue weighted by Crippen LogP contribution is 2.18. The number of hydrogen-bond donors (Lipinski definition) is 2. The molecule has 1 aliphatic rings. The molecule has 1 unspecified atom stereocenters. The van der Waals surface area contributed by atoms with Gasteiger partial charge >= 0.3 is 0 Å². The molecular weight excluding hydrogens is 214 g/mol. The van der Waals surface area contributed by atoms with E-state index in [0.29, 0.717) is 19.2 Å². The smallest absolute Gasteiger partial charge is 0.0897 e. The van der Waals surface area contributed by atoms with E-state index >= 15 is 0 Å². The standard InChI is InChI=1S/C14H29NO2/c1-2-3-4-5-6-7-10-17-12-14(16)11-15-13-8-9-13/h13-16H,2-12H2,1H3. The van der Waals surface area contributed by atoms with Crippen LogP contribution in [0.25, 0.3) is 0 Å². The summed E-state index contributed by atoms with van der Waals surface area (Å²) in [7, 11) is 0. The highest BCUT2D eigenvalue weighted by atomic mass is 16.5. The Kier molecular flexibility index (Phi) is 8.67. The highest BCUT2D eigenvalue weighted by molar-refractivity contribution is 4.81. The third-order valence-electron chi connectivity index (χ3n) is 3.17. The summed E-state index contributed by atoms with van der Waals surface area (Å²) in [6.45, 7) is 4.20. The Morgan fingerprint density at radius 1 is 1.18 bits per heavy atom. The number of rotatable bonds is 12. The maximum absolute atomic E-state index is 9.61. The van der Waals surface area contributed by atoms with Crippen LogP contribution in [0.15, 0.2) is 0 Å². The molecule has 0 aliphatic heterocycles. The quantitative estimate of drug-likeness (QED) is 0.517. The van der Waals surface area contributed by atoms with Gasteiger partial charge in [-0.1, -0.05) is 39.0 Å². The number of ether oxygens (including phenoxy) is 1. The summed E-state index contributed by atoms with van der Waals surface area (Å²) in [6.07, 6.45) is 9.92. The second-order valence-electron chi connectivity index (χ2n) is 5.18. The molecule has 3 nitrogen and oxygen atoms in total. The van der Waals surface area contributed by atoms with Gasteiger partial charge in [0, 0.05) is 19.2 Å². The number of unbranched alkanes of at least 4 members (excludes halogenated alkanes) is 5. The molecule has 1 atom stereocenters. The Bertz CT molecular complexity index is 172. The van der Waals surface area contributed by atoms with Crippen LogP contribution in [0, 0.1) is 0 Å². The monoisotopic (exact) mass is 243 g/mol. The molecule has 1 fully saturated rings. The van der Waals surface area contributed by atoms with Gasteiger partial charge in [0.1, 0.15) is 0 Å². The predicted octanol–water partition coefficient (Wildman–Crippen LogP) is 2.48. The van der Waals surface area contributed by atoms with Crippen molar-refractivity contribution in [2.24, 2.45) is 0 Å². The van der Waals surface area contributed by atoms with Crippen molar-refractivity contribution in [1.82, 2.24) is 5.32 Å². The molecule has 0 heterocycles. The molecule has 0 radical (unpaired) electrons. The van der Waals surface area contributed by atoms with Crippen LogP contribution in [0.4, 0.5) is 0 Å². The largest absolute Gasteiger partial charge is 0.389 e. The van der Waals surface area contributed by atoms with Crippen molar-refractivity contribution in [2.45, 2.75) is 70.4 Å². The summed E-state index contributed by atoms with van der Waals surface area (Å²) in [5.41, 5.74) is 0. The van der Waals surface area contributed by atoms with Crippen molar-refractivity contribution in [2.75, 3.05) is 19.8 Å². The lowest BCUT2D eigenvalue weighted by Gasteiger charge is -2.11. The van der Waals surface area contributed by atoms with Crippen molar-refractivity contribution < 1.29 is 9.84 Å². The fraction of sp³-hybridized carbons (Fsp3) is 1.00. The SMILES string of the molecule is CCCCCCCCOCC(O)CNC1CC1. The molecule has 0 aromatic carbocycles. The van der Waals surface area contributed by atoms with E-state index in [4.69, 9.17) is 4.74 Å². The molecule has 1 saturated carbocycles. The lowest BCUT2D eigenvalue weighted by molar-refractivity contribution is 0.0353. The highest BCUT2D eigenvalue weighted by Gasteiger charge is 2.21. The van der Waals surface area contributed by atoms with E-state index in [1.54, 1.807) is 0 Å². The average molecular weight is 243 g/mol. The fourth-order valence-corrected chi connectivity index (χ4v) is 1.85. The van der Waals surface area contributed by atoms with Crippen LogP contribution in [0.1, 0.15) is 58.3 Å². The van der Waals surface area contributed by atoms with E-state index in [2.05, 4.69) is 12.2 Å². The molecule has 0 bridgehead atoms. The van der Waals surface area contributed by atoms with Crippen molar-refractivity contribution in [3.63, 3.8) is 0 Å². The zero-order valence-corrected chi connectivity index (χ0v) is 11.3. The first-order valence-corrected chi connectivity index (χ1v) is 7.32. The summed E-state index contributed by atoms with van der Waals surface area (Å²) >= 11 is 0. The number of hydrogen-bond acceptors (Lipinski definition) is 3. The van der Waals surface area contributed by atoms with E-state index in [0.717, 1.165) is 13.0 Å². The molecule has 1 rings (SSSR count). The summed E-state index contributed by atoms with van der Waals surface area (Å²) in [4.78, 5) is 0. The second kappa shape index (κ2) is 9.86. The number of nitrogens with one attached hydrogen (secondary N) is 1. The van der Waals surface area contributed by atoms with Crippen molar-refractivity contribution >= 4 is 0 Å². The number of aliphatic hydroxyl groups is 1. The van der Waals surface area contributed by atoms with Gasteiger partial charge in [-0.15, -0.1) is 0 Å². The van der Waals surface area contributed by atoms with Crippen LogP contribution in [0.5, 0.6) is 0 Å². The molecule has 3 heteroatoms. The molecule has 0 aromatic rings. The van der Waals surface area contributed by atoms with Crippen molar-refractivity contribution in [3.05, 3.63) is 0 Å². The fourth-order valence-electron chi connectivity index (χ4n) is 1.85. The van der Waals surface area contributed by atoms with Gasteiger partial charge in [0.25, 0.3) is 0 Å². The Hall–Kier alpha value is -0.120.